The predicted octanol–water partition coefficient (Wildman–Crippen LogP) is 5.25. The number of halogens is 1. The van der Waals surface area contributed by atoms with Gasteiger partial charge in [0.1, 0.15) is 5.52 Å². The molecule has 0 N–H and O–H groups in total. The molecule has 1 saturated carbocycles. The molecule has 1 saturated heterocycles. The number of ether oxygens (including phenoxy) is 1. The summed E-state index contributed by atoms with van der Waals surface area (Å²) in [4.78, 5) is 19.7. The molecule has 162 valence electrons. The Morgan fingerprint density at radius 1 is 1.10 bits per heavy atom. The van der Waals surface area contributed by atoms with Gasteiger partial charge in [0.25, 0.3) is 5.91 Å². The zero-order valence-corrected chi connectivity index (χ0v) is 19.3. The molecular weight excluding hydrogens is 454 g/mol. The summed E-state index contributed by atoms with van der Waals surface area (Å²) in [7, 11) is 0. The number of pyridine rings is 1. The third-order valence-electron chi connectivity index (χ3n) is 6.79. The number of hydrogen-bond acceptors (Lipinski definition) is 3. The Bertz CT molecular complexity index is 1050. The molecule has 1 aromatic carbocycles. The molecule has 0 bridgehead atoms. The third kappa shape index (κ3) is 4.41. The minimum absolute atomic E-state index is 0.0645. The highest BCUT2D eigenvalue weighted by atomic mass is 79.9. The van der Waals surface area contributed by atoms with Gasteiger partial charge in [0.15, 0.2) is 0 Å². The number of morpholine rings is 1. The molecule has 2 aromatic heterocycles. The molecule has 0 atom stereocenters. The lowest BCUT2D eigenvalue weighted by Gasteiger charge is -2.29. The summed E-state index contributed by atoms with van der Waals surface area (Å²) < 4.78 is 8.61. The van der Waals surface area contributed by atoms with Crippen molar-refractivity contribution >= 4 is 32.9 Å². The first-order chi connectivity index (χ1) is 15.2. The first-order valence-electron chi connectivity index (χ1n) is 11.3. The van der Waals surface area contributed by atoms with Gasteiger partial charge in [0.2, 0.25) is 0 Å². The molecule has 3 aromatic rings. The van der Waals surface area contributed by atoms with E-state index in [0.29, 0.717) is 43.7 Å². The van der Waals surface area contributed by atoms with E-state index in [4.69, 9.17) is 4.74 Å². The minimum Gasteiger partial charge on any atom is -0.378 e. The highest BCUT2D eigenvalue weighted by Crippen LogP contribution is 2.37. The second-order valence-electron chi connectivity index (χ2n) is 8.75. The second-order valence-corrected chi connectivity index (χ2v) is 9.66. The Balaban J connectivity index is 1.35. The zero-order chi connectivity index (χ0) is 21.2. The zero-order valence-electron chi connectivity index (χ0n) is 17.7. The maximum Gasteiger partial charge on any atom is 0.257 e. The van der Waals surface area contributed by atoms with E-state index < -0.39 is 0 Å². The summed E-state index contributed by atoms with van der Waals surface area (Å²) in [6, 6.07) is 13.0. The van der Waals surface area contributed by atoms with Crippen molar-refractivity contribution in [3.05, 3.63) is 64.4 Å². The number of carbonyl (C=O) groups is 1. The highest BCUT2D eigenvalue weighted by molar-refractivity contribution is 9.10. The second kappa shape index (κ2) is 9.13. The lowest BCUT2D eigenvalue weighted by atomic mass is 9.78. The van der Waals surface area contributed by atoms with Gasteiger partial charge in [-0.15, -0.1) is 0 Å². The van der Waals surface area contributed by atoms with Gasteiger partial charge in [-0.3, -0.25) is 9.78 Å². The van der Waals surface area contributed by atoms with Gasteiger partial charge in [-0.05, 0) is 65.1 Å². The summed E-state index contributed by atoms with van der Waals surface area (Å²) in [5.74, 6) is 1.36. The van der Waals surface area contributed by atoms with E-state index in [1.54, 1.807) is 6.20 Å². The predicted molar refractivity (Wildman–Crippen MR) is 125 cm³/mol. The molecule has 3 heterocycles. The largest absolute Gasteiger partial charge is 0.378 e. The Labute approximate surface area is 191 Å². The van der Waals surface area contributed by atoms with E-state index in [2.05, 4.69) is 61.9 Å². The van der Waals surface area contributed by atoms with Crippen LogP contribution in [-0.2, 0) is 11.3 Å². The number of fused-ring (bicyclic) bond motifs is 1. The number of aromatic nitrogens is 2. The standard InChI is InChI=1S/C25H28BrN3O2/c26-21-14-23-24(27-15-21)22(25(30)28-10-12-31-13-11-28)17-29(23)16-18-6-8-20(9-7-18)19-4-2-1-3-5-19/h1-5,14-15,17-18,20H,6-13,16H2. The molecule has 0 radical (unpaired) electrons. The normalized spacial score (nSPS) is 22.0. The van der Waals surface area contributed by atoms with Crippen molar-refractivity contribution in [2.75, 3.05) is 26.3 Å². The van der Waals surface area contributed by atoms with Crippen molar-refractivity contribution in [2.24, 2.45) is 5.92 Å². The van der Waals surface area contributed by atoms with Gasteiger partial charge >= 0.3 is 0 Å². The monoisotopic (exact) mass is 481 g/mol. The molecule has 5 nitrogen and oxygen atoms in total. The van der Waals surface area contributed by atoms with Crippen LogP contribution >= 0.6 is 15.9 Å². The molecule has 2 fully saturated rings. The molecule has 6 heteroatoms. The Morgan fingerprint density at radius 3 is 2.58 bits per heavy atom. The number of carbonyl (C=O) groups excluding carboxylic acids is 1. The van der Waals surface area contributed by atoms with E-state index in [0.717, 1.165) is 22.1 Å². The maximum atomic E-state index is 13.2. The van der Waals surface area contributed by atoms with Crippen molar-refractivity contribution in [1.29, 1.82) is 0 Å². The Hall–Kier alpha value is -2.18. The minimum atomic E-state index is 0.0645. The SMILES string of the molecule is O=C(c1cn(CC2CCC(c3ccccc3)CC2)c2cc(Br)cnc12)N1CCOCC1. The van der Waals surface area contributed by atoms with Crippen LogP contribution in [0, 0.1) is 5.92 Å². The summed E-state index contributed by atoms with van der Waals surface area (Å²) in [5.41, 5.74) is 4.02. The average Bonchev–Trinajstić information content (AvgIpc) is 3.17. The molecular formula is C25H28BrN3O2. The van der Waals surface area contributed by atoms with Gasteiger partial charge in [0, 0.05) is 36.5 Å². The van der Waals surface area contributed by atoms with Crippen molar-refractivity contribution in [1.82, 2.24) is 14.5 Å². The maximum absolute atomic E-state index is 13.2. The van der Waals surface area contributed by atoms with Crippen LogP contribution in [0.15, 0.2) is 53.3 Å². The molecule has 0 unspecified atom stereocenters. The molecule has 1 amide bonds. The van der Waals surface area contributed by atoms with Crippen LogP contribution in [0.3, 0.4) is 0 Å². The van der Waals surface area contributed by atoms with Crippen molar-refractivity contribution in [3.63, 3.8) is 0 Å². The quantitative estimate of drug-likeness (QED) is 0.511. The summed E-state index contributed by atoms with van der Waals surface area (Å²) in [6.45, 7) is 3.44. The topological polar surface area (TPSA) is 47.4 Å². The molecule has 1 aliphatic carbocycles. The van der Waals surface area contributed by atoms with Crippen molar-refractivity contribution in [2.45, 2.75) is 38.1 Å². The molecule has 2 aliphatic rings. The first-order valence-corrected chi connectivity index (χ1v) is 12.0. The van der Waals surface area contributed by atoms with Crippen LogP contribution in [-0.4, -0.2) is 46.7 Å². The van der Waals surface area contributed by atoms with Crippen LogP contribution in [0.2, 0.25) is 0 Å². The van der Waals surface area contributed by atoms with Crippen molar-refractivity contribution < 1.29 is 9.53 Å². The molecule has 31 heavy (non-hydrogen) atoms. The fourth-order valence-corrected chi connectivity index (χ4v) is 5.39. The Kier molecular flexibility index (Phi) is 6.10. The highest BCUT2D eigenvalue weighted by Gasteiger charge is 2.26. The lowest BCUT2D eigenvalue weighted by molar-refractivity contribution is 0.0304. The number of rotatable bonds is 4. The van der Waals surface area contributed by atoms with Crippen molar-refractivity contribution in [3.8, 4) is 0 Å². The average molecular weight is 482 g/mol. The van der Waals surface area contributed by atoms with E-state index in [-0.39, 0.29) is 5.91 Å². The first kappa shape index (κ1) is 20.7. The van der Waals surface area contributed by atoms with Gasteiger partial charge in [-0.25, -0.2) is 0 Å². The van der Waals surface area contributed by atoms with Crippen LogP contribution in [0.25, 0.3) is 11.0 Å². The third-order valence-corrected chi connectivity index (χ3v) is 7.22. The van der Waals surface area contributed by atoms with Crippen LogP contribution in [0.1, 0.15) is 47.5 Å². The summed E-state index contributed by atoms with van der Waals surface area (Å²) in [5, 5.41) is 0. The molecule has 5 rings (SSSR count). The Morgan fingerprint density at radius 2 is 1.84 bits per heavy atom. The number of amides is 1. The van der Waals surface area contributed by atoms with Gasteiger partial charge in [-0.2, -0.15) is 0 Å². The lowest BCUT2D eigenvalue weighted by Crippen LogP contribution is -2.40. The number of hydrogen-bond donors (Lipinski definition) is 0. The van der Waals surface area contributed by atoms with E-state index in [1.807, 2.05) is 11.1 Å². The summed E-state index contributed by atoms with van der Waals surface area (Å²) in [6.07, 6.45) is 8.71. The fraction of sp³-hybridized carbons (Fsp3) is 0.440. The van der Waals surface area contributed by atoms with Gasteiger partial charge in [0.05, 0.1) is 24.3 Å². The van der Waals surface area contributed by atoms with Gasteiger partial charge < -0.3 is 14.2 Å². The van der Waals surface area contributed by atoms with E-state index in [9.17, 15) is 4.79 Å². The van der Waals surface area contributed by atoms with Crippen LogP contribution in [0.4, 0.5) is 0 Å². The number of nitrogens with zero attached hydrogens (tertiary/aromatic N) is 3. The number of benzene rings is 1. The van der Waals surface area contributed by atoms with Gasteiger partial charge in [-0.1, -0.05) is 30.3 Å². The van der Waals surface area contributed by atoms with Crippen LogP contribution < -0.4 is 0 Å². The van der Waals surface area contributed by atoms with E-state index in [1.165, 1.54) is 31.2 Å². The van der Waals surface area contributed by atoms with Crippen LogP contribution in [0.5, 0.6) is 0 Å². The van der Waals surface area contributed by atoms with E-state index >= 15 is 0 Å². The summed E-state index contributed by atoms with van der Waals surface area (Å²) >= 11 is 3.56. The molecule has 1 aliphatic heterocycles. The smallest absolute Gasteiger partial charge is 0.257 e. The fourth-order valence-electron chi connectivity index (χ4n) is 5.07. The molecule has 0 spiro atoms.